The maximum atomic E-state index is 9.91. The van der Waals surface area contributed by atoms with Crippen LogP contribution in [0.5, 0.6) is 0 Å². The lowest BCUT2D eigenvalue weighted by atomic mass is 10.0. The zero-order valence-electron chi connectivity index (χ0n) is 14.8. The number of aliphatic hydroxyl groups excluding tert-OH is 7. The zero-order valence-corrected chi connectivity index (χ0v) is 14.8. The van der Waals surface area contributed by atoms with Gasteiger partial charge in [-0.1, -0.05) is 12.1 Å². The lowest BCUT2D eigenvalue weighted by Crippen LogP contribution is -2.42. The van der Waals surface area contributed by atoms with Crippen LogP contribution in [0.3, 0.4) is 0 Å². The molecule has 2 aromatic rings. The first-order chi connectivity index (χ1) is 13.5. The highest BCUT2D eigenvalue weighted by molar-refractivity contribution is 5.83. The number of H-pyrrole nitrogens is 1. The highest BCUT2D eigenvalue weighted by Gasteiger charge is 2.32. The predicted molar refractivity (Wildman–Crippen MR) is 93.4 cm³/mol. The summed E-state index contributed by atoms with van der Waals surface area (Å²) in [6, 6.07) is 7.05. The zero-order chi connectivity index (χ0) is 22.3. The van der Waals surface area contributed by atoms with E-state index < -0.39 is 55.2 Å². The molecule has 6 atom stereocenters. The molecule has 0 fully saturated rings. The molecule has 13 heteroatoms. The third-order valence-corrected chi connectivity index (χ3v) is 3.75. The molecule has 0 amide bonds. The van der Waals surface area contributed by atoms with Gasteiger partial charge in [-0.3, -0.25) is 0 Å². The van der Waals surface area contributed by atoms with Gasteiger partial charge in [0.2, 0.25) is 0 Å². The van der Waals surface area contributed by atoms with Crippen LogP contribution in [0.25, 0.3) is 11.0 Å². The van der Waals surface area contributed by atoms with Gasteiger partial charge < -0.3 is 50.9 Å². The van der Waals surface area contributed by atoms with E-state index in [0.717, 1.165) is 0 Å². The van der Waals surface area contributed by atoms with Gasteiger partial charge in [-0.15, -0.1) is 0 Å². The smallest absolute Gasteiger partial charge is 0.335 e. The molecule has 0 spiro atoms. The Morgan fingerprint density at radius 2 is 1.41 bits per heavy atom. The Balaban J connectivity index is 0.000000359. The number of aromatic nitrogens is 2. The summed E-state index contributed by atoms with van der Waals surface area (Å²) in [6.07, 6.45) is -10.9. The first-order valence-corrected chi connectivity index (χ1v) is 8.10. The average Bonchev–Trinajstić information content (AvgIpc) is 3.14. The highest BCUT2D eigenvalue weighted by Crippen LogP contribution is 2.21. The summed E-state index contributed by atoms with van der Waals surface area (Å²) in [6.45, 7) is -0.717. The minimum Gasteiger partial charge on any atom is -0.479 e. The van der Waals surface area contributed by atoms with Crippen molar-refractivity contribution in [2.24, 2.45) is 0 Å². The monoisotopic (exact) mass is 418 g/mol. The first kappa shape index (κ1) is 24.4. The highest BCUT2D eigenvalue weighted by atomic mass is 16.4. The van der Waals surface area contributed by atoms with Crippen LogP contribution >= 0.6 is 0 Å². The van der Waals surface area contributed by atoms with Gasteiger partial charge in [0.1, 0.15) is 30.2 Å². The summed E-state index contributed by atoms with van der Waals surface area (Å²) < 4.78 is 0. The van der Waals surface area contributed by atoms with E-state index in [-0.39, 0.29) is 5.82 Å². The minimum atomic E-state index is -2.27. The molecule has 1 aromatic heterocycles. The number of carboxylic acids is 2. The number of rotatable bonds is 8. The Morgan fingerprint density at radius 1 is 0.897 bits per heavy atom. The SMILES string of the molecule is O=C(O)[C@@H](O)[C@H](O)C(=O)O.OC[C@@H](O)[C@H](O)[C@H](O)[C@@H](O)c1nc2ccccc2[nH]1. The van der Waals surface area contributed by atoms with Crippen molar-refractivity contribution in [3.05, 3.63) is 30.1 Å². The van der Waals surface area contributed by atoms with E-state index in [0.29, 0.717) is 11.0 Å². The summed E-state index contributed by atoms with van der Waals surface area (Å²) in [5.74, 6) is -3.46. The molecule has 0 aliphatic carbocycles. The molecule has 1 aromatic carbocycles. The van der Waals surface area contributed by atoms with Gasteiger partial charge >= 0.3 is 11.9 Å². The van der Waals surface area contributed by atoms with Crippen molar-refractivity contribution in [2.75, 3.05) is 6.61 Å². The minimum absolute atomic E-state index is 0.0814. The van der Waals surface area contributed by atoms with Gasteiger partial charge in [-0.2, -0.15) is 0 Å². The van der Waals surface area contributed by atoms with E-state index in [2.05, 4.69) is 9.97 Å². The molecule has 0 saturated carbocycles. The fourth-order valence-corrected chi connectivity index (χ4v) is 2.07. The number of hydrogen-bond donors (Lipinski definition) is 10. The maximum Gasteiger partial charge on any atom is 0.335 e. The number of aliphatic carboxylic acids is 2. The summed E-state index contributed by atoms with van der Waals surface area (Å²) in [5.41, 5.74) is 1.29. The fourth-order valence-electron chi connectivity index (χ4n) is 2.07. The van der Waals surface area contributed by atoms with Crippen LogP contribution in [-0.2, 0) is 9.59 Å². The normalized spacial score (nSPS) is 17.3. The molecule has 0 aliphatic rings. The molecule has 0 unspecified atom stereocenters. The van der Waals surface area contributed by atoms with E-state index in [1.54, 1.807) is 24.3 Å². The van der Waals surface area contributed by atoms with Crippen LogP contribution in [0.4, 0.5) is 0 Å². The van der Waals surface area contributed by atoms with Crippen LogP contribution < -0.4 is 0 Å². The molecule has 10 N–H and O–H groups in total. The number of aliphatic hydroxyl groups is 7. The fraction of sp³-hybridized carbons (Fsp3) is 0.438. The predicted octanol–water partition coefficient (Wildman–Crippen LogP) is -3.45. The number of aromatic amines is 1. The van der Waals surface area contributed by atoms with Crippen LogP contribution in [-0.4, -0.2) is 105 Å². The van der Waals surface area contributed by atoms with Gasteiger partial charge in [0.25, 0.3) is 0 Å². The number of hydrogen-bond acceptors (Lipinski definition) is 10. The summed E-state index contributed by atoms with van der Waals surface area (Å²) in [5, 5.41) is 79.6. The van der Waals surface area contributed by atoms with E-state index in [9.17, 15) is 30.0 Å². The number of benzene rings is 1. The second-order valence-corrected chi connectivity index (χ2v) is 5.88. The molecule has 0 aliphatic heterocycles. The third kappa shape index (κ3) is 6.43. The van der Waals surface area contributed by atoms with Crippen molar-refractivity contribution < 1.29 is 55.5 Å². The van der Waals surface area contributed by atoms with Crippen molar-refractivity contribution in [3.63, 3.8) is 0 Å². The van der Waals surface area contributed by atoms with Gasteiger partial charge in [0.15, 0.2) is 12.2 Å². The van der Waals surface area contributed by atoms with Gasteiger partial charge in [0.05, 0.1) is 17.6 Å². The van der Waals surface area contributed by atoms with Crippen LogP contribution in [0.2, 0.25) is 0 Å². The summed E-state index contributed by atoms with van der Waals surface area (Å²) >= 11 is 0. The molecule has 0 radical (unpaired) electrons. The molecule has 0 bridgehead atoms. The van der Waals surface area contributed by atoms with E-state index in [1.165, 1.54) is 0 Å². The standard InChI is InChI=1S/C12H16N2O5.C4H6O6/c15-5-8(16)9(17)10(18)11(19)12-13-6-3-1-2-4-7(6)14-12;5-1(3(7)8)2(6)4(9)10/h1-4,8-11,15-19H,5H2,(H,13,14);1-2,5-6H,(H,7,8)(H,9,10)/t8-,9+,10+,11-;1-,2-/m10/s1. The van der Waals surface area contributed by atoms with Crippen molar-refractivity contribution in [2.45, 2.75) is 36.6 Å². The maximum absolute atomic E-state index is 9.91. The lowest BCUT2D eigenvalue weighted by Gasteiger charge is -2.24. The Labute approximate surface area is 162 Å². The molecule has 13 nitrogen and oxygen atoms in total. The van der Waals surface area contributed by atoms with Gasteiger partial charge in [-0.25, -0.2) is 14.6 Å². The second-order valence-electron chi connectivity index (χ2n) is 5.88. The molecule has 1 heterocycles. The topological polar surface area (TPSA) is 245 Å². The first-order valence-electron chi connectivity index (χ1n) is 8.10. The third-order valence-electron chi connectivity index (χ3n) is 3.75. The Hall–Kier alpha value is -2.65. The second kappa shape index (κ2) is 10.8. The van der Waals surface area contributed by atoms with Crippen molar-refractivity contribution in [3.8, 4) is 0 Å². The van der Waals surface area contributed by atoms with Crippen LogP contribution in [0.15, 0.2) is 24.3 Å². The van der Waals surface area contributed by atoms with E-state index in [1.807, 2.05) is 0 Å². The molecular formula is C16H22N2O11. The average molecular weight is 418 g/mol. The number of carboxylic acid groups (broad SMARTS) is 2. The number of fused-ring (bicyclic) bond motifs is 1. The van der Waals surface area contributed by atoms with E-state index in [4.69, 9.17) is 25.5 Å². The quantitative estimate of drug-likeness (QED) is 0.201. The number of nitrogens with zero attached hydrogens (tertiary/aromatic N) is 1. The van der Waals surface area contributed by atoms with Gasteiger partial charge in [0, 0.05) is 0 Å². The molecule has 162 valence electrons. The number of carbonyl (C=O) groups is 2. The lowest BCUT2D eigenvalue weighted by molar-refractivity contribution is -0.165. The molecule has 0 saturated heterocycles. The van der Waals surface area contributed by atoms with E-state index >= 15 is 0 Å². The number of para-hydroxylation sites is 2. The molecule has 29 heavy (non-hydrogen) atoms. The van der Waals surface area contributed by atoms with Crippen LogP contribution in [0.1, 0.15) is 11.9 Å². The number of imidazole rings is 1. The largest absolute Gasteiger partial charge is 0.479 e. The molecular weight excluding hydrogens is 396 g/mol. The summed E-state index contributed by atoms with van der Waals surface area (Å²) in [7, 11) is 0. The van der Waals surface area contributed by atoms with Crippen molar-refractivity contribution in [1.29, 1.82) is 0 Å². The Bertz CT molecular complexity index is 760. The van der Waals surface area contributed by atoms with Gasteiger partial charge in [-0.05, 0) is 12.1 Å². The molecule has 2 rings (SSSR count). The number of nitrogens with one attached hydrogen (secondary N) is 1. The Morgan fingerprint density at radius 3 is 1.86 bits per heavy atom. The van der Waals surface area contributed by atoms with Crippen molar-refractivity contribution in [1.82, 2.24) is 9.97 Å². The Kier molecular flexibility index (Phi) is 9.06. The summed E-state index contributed by atoms with van der Waals surface area (Å²) in [4.78, 5) is 26.4. The van der Waals surface area contributed by atoms with Crippen molar-refractivity contribution >= 4 is 23.0 Å². The van der Waals surface area contributed by atoms with Crippen LogP contribution in [0, 0.1) is 0 Å².